The zero-order valence-corrected chi connectivity index (χ0v) is 11.3. The number of carbonyl (C=O) groups is 1. The molecule has 0 aromatic carbocycles. The number of nitrogens with zero attached hydrogens (tertiary/aromatic N) is 1. The molecular weight excluding hydrogens is 290 g/mol. The maximum Gasteiger partial charge on any atom is 0.303 e. The zero-order chi connectivity index (χ0) is 11.5. The number of thiophene rings is 1. The van der Waals surface area contributed by atoms with Gasteiger partial charge in [0, 0.05) is 34.2 Å². The van der Waals surface area contributed by atoms with Crippen molar-refractivity contribution in [1.29, 1.82) is 0 Å². The molecule has 1 saturated heterocycles. The first-order valence-corrected chi connectivity index (χ1v) is 6.98. The van der Waals surface area contributed by atoms with Crippen LogP contribution in [-0.4, -0.2) is 29.1 Å². The molecule has 0 bridgehead atoms. The predicted octanol–water partition coefficient (Wildman–Crippen LogP) is 2.81. The number of rotatable bonds is 4. The molecule has 3 nitrogen and oxygen atoms in total. The van der Waals surface area contributed by atoms with Crippen molar-refractivity contribution in [2.45, 2.75) is 19.4 Å². The molecule has 88 valence electrons. The average molecular weight is 304 g/mol. The van der Waals surface area contributed by atoms with Crippen molar-refractivity contribution in [2.75, 3.05) is 13.1 Å². The second kappa shape index (κ2) is 5.29. The number of carboxylic acids is 1. The van der Waals surface area contributed by atoms with Gasteiger partial charge in [-0.15, -0.1) is 11.3 Å². The molecule has 1 fully saturated rings. The second-order valence-electron chi connectivity index (χ2n) is 4.22. The van der Waals surface area contributed by atoms with Gasteiger partial charge in [-0.2, -0.15) is 0 Å². The first-order chi connectivity index (χ1) is 7.63. The smallest absolute Gasteiger partial charge is 0.303 e. The Kier molecular flexibility index (Phi) is 4.00. The molecule has 1 N–H and O–H groups in total. The molecule has 1 aromatic rings. The van der Waals surface area contributed by atoms with Crippen LogP contribution in [0, 0.1) is 5.92 Å². The van der Waals surface area contributed by atoms with Crippen LogP contribution < -0.4 is 0 Å². The van der Waals surface area contributed by atoms with Gasteiger partial charge in [-0.1, -0.05) is 0 Å². The van der Waals surface area contributed by atoms with Gasteiger partial charge in [0.2, 0.25) is 0 Å². The highest BCUT2D eigenvalue weighted by Crippen LogP contribution is 2.25. The van der Waals surface area contributed by atoms with Crippen molar-refractivity contribution in [2.24, 2.45) is 5.92 Å². The molecule has 0 spiro atoms. The fourth-order valence-corrected chi connectivity index (χ4v) is 3.62. The largest absolute Gasteiger partial charge is 0.481 e. The Balaban J connectivity index is 1.82. The molecule has 1 aromatic heterocycles. The van der Waals surface area contributed by atoms with E-state index >= 15 is 0 Å². The Hall–Kier alpha value is -0.390. The highest BCUT2D eigenvalue weighted by molar-refractivity contribution is 9.10. The van der Waals surface area contributed by atoms with Crippen LogP contribution in [0.2, 0.25) is 0 Å². The maximum absolute atomic E-state index is 10.6. The molecule has 5 heteroatoms. The van der Waals surface area contributed by atoms with Crippen molar-refractivity contribution in [1.82, 2.24) is 4.90 Å². The number of hydrogen-bond acceptors (Lipinski definition) is 3. The minimum atomic E-state index is -0.675. The Bertz CT molecular complexity index is 380. The quantitative estimate of drug-likeness (QED) is 0.930. The van der Waals surface area contributed by atoms with Crippen LogP contribution in [0.4, 0.5) is 0 Å². The average Bonchev–Trinajstić information content (AvgIpc) is 2.76. The summed E-state index contributed by atoms with van der Waals surface area (Å²) in [4.78, 5) is 14.3. The van der Waals surface area contributed by atoms with E-state index in [1.807, 2.05) is 0 Å². The summed E-state index contributed by atoms with van der Waals surface area (Å²) in [6.07, 6.45) is 1.32. The summed E-state index contributed by atoms with van der Waals surface area (Å²) in [5, 5.41) is 10.8. The first-order valence-electron chi connectivity index (χ1n) is 5.30. The van der Waals surface area contributed by atoms with Crippen LogP contribution in [0.1, 0.15) is 17.7 Å². The Morgan fingerprint density at radius 3 is 3.12 bits per heavy atom. The minimum absolute atomic E-state index is 0.310. The molecule has 16 heavy (non-hydrogen) atoms. The fourth-order valence-electron chi connectivity index (χ4n) is 2.13. The van der Waals surface area contributed by atoms with E-state index in [2.05, 4.69) is 32.3 Å². The minimum Gasteiger partial charge on any atom is -0.481 e. The molecule has 2 heterocycles. The van der Waals surface area contributed by atoms with E-state index in [-0.39, 0.29) is 0 Å². The van der Waals surface area contributed by atoms with Gasteiger partial charge in [0.25, 0.3) is 0 Å². The maximum atomic E-state index is 10.6. The van der Waals surface area contributed by atoms with Crippen molar-refractivity contribution in [3.05, 3.63) is 20.8 Å². The van der Waals surface area contributed by atoms with Gasteiger partial charge in [0.15, 0.2) is 0 Å². The predicted molar refractivity (Wildman–Crippen MR) is 67.7 cm³/mol. The molecule has 1 unspecified atom stereocenters. The monoisotopic (exact) mass is 303 g/mol. The van der Waals surface area contributed by atoms with E-state index in [0.29, 0.717) is 12.3 Å². The molecule has 0 radical (unpaired) electrons. The lowest BCUT2D eigenvalue weighted by molar-refractivity contribution is -0.138. The summed E-state index contributed by atoms with van der Waals surface area (Å²) in [5.41, 5.74) is 0. The van der Waals surface area contributed by atoms with Crippen LogP contribution in [-0.2, 0) is 11.3 Å². The first kappa shape index (κ1) is 12.1. The van der Waals surface area contributed by atoms with Gasteiger partial charge in [0.05, 0.1) is 0 Å². The molecule has 0 amide bonds. The third kappa shape index (κ3) is 3.30. The molecule has 0 saturated carbocycles. The van der Waals surface area contributed by atoms with Crippen LogP contribution >= 0.6 is 27.3 Å². The van der Waals surface area contributed by atoms with Crippen molar-refractivity contribution in [3.8, 4) is 0 Å². The highest BCUT2D eigenvalue weighted by Gasteiger charge is 2.24. The van der Waals surface area contributed by atoms with Crippen LogP contribution in [0.5, 0.6) is 0 Å². The lowest BCUT2D eigenvalue weighted by Gasteiger charge is -2.13. The van der Waals surface area contributed by atoms with Gasteiger partial charge in [0.1, 0.15) is 0 Å². The molecule has 1 atom stereocenters. The molecule has 2 rings (SSSR count). The van der Waals surface area contributed by atoms with Crippen LogP contribution in [0.25, 0.3) is 0 Å². The normalized spacial score (nSPS) is 21.4. The van der Waals surface area contributed by atoms with Gasteiger partial charge in [-0.3, -0.25) is 9.69 Å². The summed E-state index contributed by atoms with van der Waals surface area (Å²) in [6, 6.07) is 2.13. The number of carboxylic acid groups (broad SMARTS) is 1. The molecule has 1 aliphatic rings. The topological polar surface area (TPSA) is 40.5 Å². The standard InChI is InChI=1S/C11H14BrNO2S/c12-9-4-10(16-7-9)6-13-2-1-8(5-13)3-11(14)15/h4,7-8H,1-3,5-6H2,(H,14,15). The van der Waals surface area contributed by atoms with Crippen molar-refractivity contribution >= 4 is 33.2 Å². The fraction of sp³-hybridized carbons (Fsp3) is 0.545. The number of likely N-dealkylation sites (tertiary alicyclic amines) is 1. The third-order valence-electron chi connectivity index (χ3n) is 2.83. The highest BCUT2D eigenvalue weighted by atomic mass is 79.9. The van der Waals surface area contributed by atoms with E-state index < -0.39 is 5.97 Å². The number of halogens is 1. The lowest BCUT2D eigenvalue weighted by atomic mass is 10.1. The van der Waals surface area contributed by atoms with Gasteiger partial charge < -0.3 is 5.11 Å². The Labute approximate surface area is 107 Å². The zero-order valence-electron chi connectivity index (χ0n) is 8.86. The van der Waals surface area contributed by atoms with Crippen molar-refractivity contribution < 1.29 is 9.90 Å². The molecular formula is C11H14BrNO2S. The Morgan fingerprint density at radius 1 is 1.69 bits per heavy atom. The third-order valence-corrected chi connectivity index (χ3v) is 4.52. The van der Waals surface area contributed by atoms with Crippen LogP contribution in [0.15, 0.2) is 15.9 Å². The number of aliphatic carboxylic acids is 1. The van der Waals surface area contributed by atoms with E-state index in [4.69, 9.17) is 5.11 Å². The van der Waals surface area contributed by atoms with Gasteiger partial charge in [-0.05, 0) is 40.9 Å². The van der Waals surface area contributed by atoms with Gasteiger partial charge in [-0.25, -0.2) is 0 Å². The van der Waals surface area contributed by atoms with E-state index in [9.17, 15) is 4.79 Å². The van der Waals surface area contributed by atoms with E-state index in [1.54, 1.807) is 11.3 Å². The summed E-state index contributed by atoms with van der Waals surface area (Å²) in [7, 11) is 0. The Morgan fingerprint density at radius 2 is 2.50 bits per heavy atom. The van der Waals surface area contributed by atoms with E-state index in [1.165, 1.54) is 4.88 Å². The second-order valence-corrected chi connectivity index (χ2v) is 6.13. The lowest BCUT2D eigenvalue weighted by Crippen LogP contribution is -2.20. The number of hydrogen-bond donors (Lipinski definition) is 1. The van der Waals surface area contributed by atoms with Gasteiger partial charge >= 0.3 is 5.97 Å². The summed E-state index contributed by atoms with van der Waals surface area (Å²) >= 11 is 5.19. The SMILES string of the molecule is O=C(O)CC1CCN(Cc2cc(Br)cs2)C1. The molecule has 0 aliphatic carbocycles. The van der Waals surface area contributed by atoms with Crippen molar-refractivity contribution in [3.63, 3.8) is 0 Å². The summed E-state index contributed by atoms with van der Waals surface area (Å²) in [6.45, 7) is 2.89. The van der Waals surface area contributed by atoms with Crippen LogP contribution in [0.3, 0.4) is 0 Å². The van der Waals surface area contributed by atoms with E-state index in [0.717, 1.165) is 30.5 Å². The summed E-state index contributed by atoms with van der Waals surface area (Å²) in [5.74, 6) is -0.341. The molecule has 1 aliphatic heterocycles. The summed E-state index contributed by atoms with van der Waals surface area (Å²) < 4.78 is 1.13.